The van der Waals surface area contributed by atoms with Crippen molar-refractivity contribution in [2.45, 2.75) is 18.9 Å². The summed E-state index contributed by atoms with van der Waals surface area (Å²) in [4.78, 5) is 31.7. The lowest BCUT2D eigenvalue weighted by Gasteiger charge is -2.11. The van der Waals surface area contributed by atoms with E-state index in [4.69, 9.17) is 4.74 Å². The largest absolute Gasteiger partial charge is 0.462 e. The van der Waals surface area contributed by atoms with E-state index in [0.29, 0.717) is 22.9 Å². The number of nitrogens with zero attached hydrogens (tertiary/aromatic N) is 2. The second-order valence-corrected chi connectivity index (χ2v) is 5.30. The summed E-state index contributed by atoms with van der Waals surface area (Å²) in [5, 5.41) is 0.432. The molecular weight excluding hydrogens is 266 g/mol. The van der Waals surface area contributed by atoms with Crippen molar-refractivity contribution in [2.75, 3.05) is 33.0 Å². The van der Waals surface area contributed by atoms with E-state index in [-0.39, 0.29) is 0 Å². The van der Waals surface area contributed by atoms with Gasteiger partial charge in [-0.1, -0.05) is 0 Å². The quantitative estimate of drug-likeness (QED) is 0.476. The van der Waals surface area contributed by atoms with Crippen molar-refractivity contribution >= 4 is 17.7 Å². The average molecular weight is 285 g/mol. The van der Waals surface area contributed by atoms with Crippen molar-refractivity contribution in [1.29, 1.82) is 0 Å². The molecular formula is C12H19N3O3S. The maximum Gasteiger partial charge on any atom is 0.346 e. The van der Waals surface area contributed by atoms with Gasteiger partial charge in [-0.3, -0.25) is 0 Å². The number of aryl methyl sites for hydroxylation is 1. The Morgan fingerprint density at radius 2 is 2.16 bits per heavy atom. The highest BCUT2D eigenvalue weighted by molar-refractivity contribution is 7.99. The fourth-order valence-corrected chi connectivity index (χ4v) is 2.61. The van der Waals surface area contributed by atoms with Gasteiger partial charge in [-0.15, -0.1) is 11.8 Å². The van der Waals surface area contributed by atoms with E-state index < -0.39 is 11.7 Å². The summed E-state index contributed by atoms with van der Waals surface area (Å²) in [6.07, 6.45) is 0. The molecule has 1 aromatic rings. The molecule has 7 heteroatoms. The summed E-state index contributed by atoms with van der Waals surface area (Å²) < 4.78 is 4.99. The van der Waals surface area contributed by atoms with Gasteiger partial charge < -0.3 is 14.6 Å². The number of hydrogen-bond acceptors (Lipinski definition) is 6. The molecule has 0 amide bonds. The molecule has 19 heavy (non-hydrogen) atoms. The number of aromatic amines is 1. The molecule has 0 spiro atoms. The average Bonchev–Trinajstić information content (AvgIpc) is 2.27. The zero-order chi connectivity index (χ0) is 14.4. The lowest BCUT2D eigenvalue weighted by Crippen LogP contribution is -2.20. The second kappa shape index (κ2) is 7.30. The summed E-state index contributed by atoms with van der Waals surface area (Å²) in [6.45, 7) is 4.54. The summed E-state index contributed by atoms with van der Waals surface area (Å²) >= 11 is 1.38. The summed E-state index contributed by atoms with van der Waals surface area (Å²) in [6, 6.07) is 0. The van der Waals surface area contributed by atoms with Crippen LogP contribution in [0.25, 0.3) is 0 Å². The molecule has 1 N–H and O–H groups in total. The molecule has 0 aliphatic heterocycles. The SMILES string of the molecule is CCOC(=O)c1c(SCCN(C)C)nc(=O)[nH]c1C. The minimum atomic E-state index is -0.448. The van der Waals surface area contributed by atoms with Crippen LogP contribution in [0.4, 0.5) is 0 Å². The standard InChI is InChI=1S/C12H19N3O3S/c1-5-18-11(16)9-8(2)13-12(17)14-10(9)19-7-6-15(3)4/h5-7H2,1-4H3,(H,13,14,17). The first-order valence-electron chi connectivity index (χ1n) is 6.01. The highest BCUT2D eigenvalue weighted by Crippen LogP contribution is 2.21. The van der Waals surface area contributed by atoms with Crippen molar-refractivity contribution in [2.24, 2.45) is 0 Å². The van der Waals surface area contributed by atoms with Crippen molar-refractivity contribution in [3.8, 4) is 0 Å². The van der Waals surface area contributed by atoms with Crippen LogP contribution in [0.5, 0.6) is 0 Å². The Balaban J connectivity index is 2.99. The number of H-pyrrole nitrogens is 1. The van der Waals surface area contributed by atoms with Crippen LogP contribution < -0.4 is 5.69 Å². The number of rotatable bonds is 6. The summed E-state index contributed by atoms with van der Waals surface area (Å²) in [5.74, 6) is 0.297. The maximum absolute atomic E-state index is 11.9. The molecule has 0 aromatic carbocycles. The normalized spacial score (nSPS) is 10.8. The number of aromatic nitrogens is 2. The van der Waals surface area contributed by atoms with Gasteiger partial charge in [0.05, 0.1) is 6.61 Å². The molecule has 0 aliphatic rings. The fraction of sp³-hybridized carbons (Fsp3) is 0.583. The van der Waals surface area contributed by atoms with Gasteiger partial charge in [0.25, 0.3) is 0 Å². The van der Waals surface area contributed by atoms with Crippen LogP contribution in [0.1, 0.15) is 23.0 Å². The summed E-state index contributed by atoms with van der Waals surface area (Å²) in [5.41, 5.74) is 0.397. The molecule has 106 valence electrons. The first-order chi connectivity index (χ1) is 8.95. The van der Waals surface area contributed by atoms with Crippen LogP contribution in [0.3, 0.4) is 0 Å². The number of esters is 1. The highest BCUT2D eigenvalue weighted by atomic mass is 32.2. The third-order valence-corrected chi connectivity index (χ3v) is 3.30. The number of carbonyl (C=O) groups excluding carboxylic acids is 1. The van der Waals surface area contributed by atoms with Crippen molar-refractivity contribution in [1.82, 2.24) is 14.9 Å². The monoisotopic (exact) mass is 285 g/mol. The van der Waals surface area contributed by atoms with Gasteiger partial charge in [-0.2, -0.15) is 4.98 Å². The Labute approximate surface area is 116 Å². The second-order valence-electron chi connectivity index (χ2n) is 4.22. The summed E-state index contributed by atoms with van der Waals surface area (Å²) in [7, 11) is 3.92. The Bertz CT molecular complexity index is 499. The molecule has 6 nitrogen and oxygen atoms in total. The molecule has 1 rings (SSSR count). The maximum atomic E-state index is 11.9. The first kappa shape index (κ1) is 15.7. The smallest absolute Gasteiger partial charge is 0.346 e. The lowest BCUT2D eigenvalue weighted by molar-refractivity contribution is 0.0519. The van der Waals surface area contributed by atoms with Crippen molar-refractivity contribution in [3.05, 3.63) is 21.7 Å². The van der Waals surface area contributed by atoms with Crippen LogP contribution in [-0.4, -0.2) is 53.8 Å². The lowest BCUT2D eigenvalue weighted by atomic mass is 10.2. The van der Waals surface area contributed by atoms with Gasteiger partial charge >= 0.3 is 11.7 Å². The first-order valence-corrected chi connectivity index (χ1v) is 6.99. The number of carbonyl (C=O) groups is 1. The van der Waals surface area contributed by atoms with Crippen LogP contribution in [0.2, 0.25) is 0 Å². The molecule has 0 fully saturated rings. The van der Waals surface area contributed by atoms with Crippen LogP contribution in [0, 0.1) is 6.92 Å². The number of ether oxygens (including phenoxy) is 1. The number of thioether (sulfide) groups is 1. The highest BCUT2D eigenvalue weighted by Gasteiger charge is 2.18. The number of hydrogen-bond donors (Lipinski definition) is 1. The minimum absolute atomic E-state index is 0.291. The Hall–Kier alpha value is -1.34. The molecule has 0 radical (unpaired) electrons. The van der Waals surface area contributed by atoms with E-state index in [0.717, 1.165) is 12.3 Å². The van der Waals surface area contributed by atoms with Gasteiger partial charge in [0.1, 0.15) is 10.6 Å². The third kappa shape index (κ3) is 4.68. The van der Waals surface area contributed by atoms with Gasteiger partial charge in [-0.05, 0) is 27.9 Å². The molecule has 0 bridgehead atoms. The van der Waals surface area contributed by atoms with E-state index in [1.165, 1.54) is 11.8 Å². The molecule has 0 saturated carbocycles. The molecule has 0 unspecified atom stereocenters. The zero-order valence-corrected chi connectivity index (χ0v) is 12.5. The van der Waals surface area contributed by atoms with Crippen LogP contribution >= 0.6 is 11.8 Å². The van der Waals surface area contributed by atoms with Gasteiger partial charge in [0, 0.05) is 18.0 Å². The van der Waals surface area contributed by atoms with Gasteiger partial charge in [0.15, 0.2) is 0 Å². The van der Waals surface area contributed by atoms with Crippen molar-refractivity contribution < 1.29 is 9.53 Å². The molecule has 0 atom stereocenters. The Kier molecular flexibility index (Phi) is 6.04. The molecule has 0 aliphatic carbocycles. The Morgan fingerprint density at radius 1 is 1.47 bits per heavy atom. The van der Waals surface area contributed by atoms with Gasteiger partial charge in [0.2, 0.25) is 0 Å². The molecule has 1 aromatic heterocycles. The van der Waals surface area contributed by atoms with E-state index in [1.54, 1.807) is 13.8 Å². The number of nitrogens with one attached hydrogen (secondary N) is 1. The van der Waals surface area contributed by atoms with E-state index in [9.17, 15) is 9.59 Å². The van der Waals surface area contributed by atoms with Crippen LogP contribution in [0.15, 0.2) is 9.82 Å². The predicted molar refractivity (Wildman–Crippen MR) is 74.8 cm³/mol. The van der Waals surface area contributed by atoms with Crippen molar-refractivity contribution in [3.63, 3.8) is 0 Å². The molecule has 1 heterocycles. The van der Waals surface area contributed by atoms with Gasteiger partial charge in [-0.25, -0.2) is 9.59 Å². The topological polar surface area (TPSA) is 75.3 Å². The zero-order valence-electron chi connectivity index (χ0n) is 11.6. The molecule has 0 saturated heterocycles. The fourth-order valence-electron chi connectivity index (χ4n) is 1.43. The van der Waals surface area contributed by atoms with Crippen LogP contribution in [-0.2, 0) is 4.74 Å². The van der Waals surface area contributed by atoms with E-state index in [1.807, 2.05) is 19.0 Å². The van der Waals surface area contributed by atoms with E-state index >= 15 is 0 Å². The predicted octanol–water partition coefficient (Wildman–Crippen LogP) is 0.909. The Morgan fingerprint density at radius 3 is 2.74 bits per heavy atom. The minimum Gasteiger partial charge on any atom is -0.462 e. The van der Waals surface area contributed by atoms with E-state index in [2.05, 4.69) is 9.97 Å². The third-order valence-electron chi connectivity index (χ3n) is 2.34.